The maximum atomic E-state index is 11.8. The number of hydrogen-bond acceptors (Lipinski definition) is 5. The zero-order valence-corrected chi connectivity index (χ0v) is 12.1. The highest BCUT2D eigenvalue weighted by Crippen LogP contribution is 2.28. The summed E-state index contributed by atoms with van der Waals surface area (Å²) in [6.45, 7) is 1.76. The second-order valence-electron chi connectivity index (χ2n) is 3.78. The molecule has 102 valence electrons. The fraction of sp³-hybridized carbons (Fsp3) is 0.200. The van der Waals surface area contributed by atoms with Gasteiger partial charge in [0.15, 0.2) is 0 Å². The zero-order chi connectivity index (χ0) is 14.0. The lowest BCUT2D eigenvalue weighted by atomic mass is 10.2. The van der Waals surface area contributed by atoms with E-state index in [2.05, 4.69) is 15.5 Å². The number of amides is 1. The predicted molar refractivity (Wildman–Crippen MR) is 71.8 cm³/mol. The lowest BCUT2D eigenvalue weighted by Crippen LogP contribution is -2.25. The van der Waals surface area contributed by atoms with Crippen molar-refractivity contribution in [3.63, 3.8) is 0 Å². The van der Waals surface area contributed by atoms with E-state index in [-0.39, 0.29) is 16.2 Å². The molecule has 2 aromatic heterocycles. The maximum absolute atomic E-state index is 11.8. The quantitative estimate of drug-likeness (QED) is 0.842. The van der Waals surface area contributed by atoms with E-state index in [9.17, 15) is 13.2 Å². The van der Waals surface area contributed by atoms with E-state index in [1.807, 2.05) is 0 Å². The molecule has 0 aliphatic heterocycles. The average Bonchev–Trinajstić information content (AvgIpc) is 3.00. The Kier molecular flexibility index (Phi) is 3.93. The molecule has 19 heavy (non-hydrogen) atoms. The minimum atomic E-state index is -3.72. The van der Waals surface area contributed by atoms with Crippen LogP contribution in [-0.4, -0.2) is 24.5 Å². The Labute approximate surface area is 118 Å². The molecule has 1 unspecified atom stereocenters. The highest BCUT2D eigenvalue weighted by molar-refractivity contribution is 8.15. The van der Waals surface area contributed by atoms with E-state index in [1.54, 1.807) is 13.0 Å². The topological polar surface area (TPSA) is 91.9 Å². The Balaban J connectivity index is 2.10. The summed E-state index contributed by atoms with van der Waals surface area (Å²) in [4.78, 5) is 12.5. The van der Waals surface area contributed by atoms with E-state index in [1.165, 1.54) is 18.5 Å². The molecule has 2 aromatic rings. The van der Waals surface area contributed by atoms with Gasteiger partial charge in [0, 0.05) is 21.8 Å². The van der Waals surface area contributed by atoms with Crippen LogP contribution in [0.3, 0.4) is 0 Å². The molecule has 0 radical (unpaired) electrons. The fourth-order valence-electron chi connectivity index (χ4n) is 1.42. The van der Waals surface area contributed by atoms with Gasteiger partial charge in [0.05, 0.1) is 17.8 Å². The number of hydrogen-bond donors (Lipinski definition) is 2. The predicted octanol–water partition coefficient (Wildman–Crippen LogP) is 1.89. The molecule has 2 rings (SSSR count). The van der Waals surface area contributed by atoms with Crippen LogP contribution in [0.4, 0.5) is 0 Å². The van der Waals surface area contributed by atoms with Crippen molar-refractivity contribution >= 4 is 37.0 Å². The van der Waals surface area contributed by atoms with Crippen molar-refractivity contribution in [3.8, 4) is 0 Å². The molecule has 0 saturated heterocycles. The first-order valence-electron chi connectivity index (χ1n) is 5.22. The van der Waals surface area contributed by atoms with Gasteiger partial charge >= 0.3 is 0 Å². The SMILES string of the molecule is CC(NC(=O)c1cn[nH]c1)c1ccc(S(=O)(=O)Cl)s1. The molecular formula is C10H10ClN3O3S2. The van der Waals surface area contributed by atoms with Crippen molar-refractivity contribution in [1.29, 1.82) is 0 Å². The molecule has 9 heteroatoms. The molecule has 0 aromatic carbocycles. The summed E-state index contributed by atoms with van der Waals surface area (Å²) in [5.41, 5.74) is 0.411. The minimum absolute atomic E-state index is 0.0635. The van der Waals surface area contributed by atoms with E-state index >= 15 is 0 Å². The molecule has 0 fully saturated rings. The van der Waals surface area contributed by atoms with Gasteiger partial charge in [0.2, 0.25) is 0 Å². The van der Waals surface area contributed by atoms with Crippen LogP contribution >= 0.6 is 22.0 Å². The van der Waals surface area contributed by atoms with Crippen LogP contribution in [0, 0.1) is 0 Å². The molecule has 2 N–H and O–H groups in total. The van der Waals surface area contributed by atoms with Crippen LogP contribution in [0.25, 0.3) is 0 Å². The summed E-state index contributed by atoms with van der Waals surface area (Å²) in [5, 5.41) is 8.96. The molecule has 2 heterocycles. The first-order chi connectivity index (χ1) is 8.88. The number of H-pyrrole nitrogens is 1. The van der Waals surface area contributed by atoms with Gasteiger partial charge in [-0.25, -0.2) is 8.42 Å². The number of aromatic nitrogens is 2. The smallest absolute Gasteiger partial charge is 0.270 e. The summed E-state index contributed by atoms with van der Waals surface area (Å²) < 4.78 is 22.4. The Morgan fingerprint density at radius 2 is 2.26 bits per heavy atom. The van der Waals surface area contributed by atoms with Crippen molar-refractivity contribution in [2.24, 2.45) is 0 Å². The number of aromatic amines is 1. The van der Waals surface area contributed by atoms with Gasteiger partial charge in [-0.15, -0.1) is 11.3 Å². The third-order valence-corrected chi connectivity index (χ3v) is 5.74. The van der Waals surface area contributed by atoms with Gasteiger partial charge in [-0.1, -0.05) is 0 Å². The third kappa shape index (κ3) is 3.34. The number of carbonyl (C=O) groups excluding carboxylic acids is 1. The number of nitrogens with one attached hydrogen (secondary N) is 2. The lowest BCUT2D eigenvalue weighted by Gasteiger charge is -2.10. The molecule has 1 amide bonds. The van der Waals surface area contributed by atoms with Crippen LogP contribution in [0.2, 0.25) is 0 Å². The van der Waals surface area contributed by atoms with Crippen molar-refractivity contribution in [2.45, 2.75) is 17.2 Å². The van der Waals surface area contributed by atoms with E-state index in [0.29, 0.717) is 10.4 Å². The number of carbonyl (C=O) groups is 1. The molecule has 1 atom stereocenters. The Morgan fingerprint density at radius 1 is 1.53 bits per heavy atom. The van der Waals surface area contributed by atoms with Crippen LogP contribution in [-0.2, 0) is 9.05 Å². The molecule has 0 saturated carbocycles. The summed E-state index contributed by atoms with van der Waals surface area (Å²) in [5.74, 6) is -0.287. The third-order valence-electron chi connectivity index (χ3n) is 2.38. The van der Waals surface area contributed by atoms with Gasteiger partial charge in [0.25, 0.3) is 15.0 Å². The summed E-state index contributed by atoms with van der Waals surface area (Å²) in [6, 6.07) is 2.72. The van der Waals surface area contributed by atoms with E-state index < -0.39 is 9.05 Å². The molecule has 0 spiro atoms. The summed E-state index contributed by atoms with van der Waals surface area (Å²) >= 11 is 1.03. The molecule has 0 bridgehead atoms. The number of thiophene rings is 1. The molecule has 0 aliphatic carbocycles. The summed E-state index contributed by atoms with van der Waals surface area (Å²) in [7, 11) is 1.52. The second kappa shape index (κ2) is 5.32. The highest BCUT2D eigenvalue weighted by atomic mass is 35.7. The second-order valence-corrected chi connectivity index (χ2v) is 7.68. The average molecular weight is 320 g/mol. The normalized spacial score (nSPS) is 13.2. The summed E-state index contributed by atoms with van der Waals surface area (Å²) in [6.07, 6.45) is 2.89. The van der Waals surface area contributed by atoms with Crippen molar-refractivity contribution in [2.75, 3.05) is 0 Å². The Morgan fingerprint density at radius 3 is 2.79 bits per heavy atom. The van der Waals surface area contributed by atoms with Gasteiger partial charge in [0.1, 0.15) is 4.21 Å². The van der Waals surface area contributed by atoms with Crippen molar-refractivity contribution in [3.05, 3.63) is 35.0 Å². The standard InChI is InChI=1S/C10H10ClN3O3S2/c1-6(14-10(15)7-4-12-13-5-7)8-2-3-9(18-8)19(11,16)17/h2-6H,1H3,(H,12,13)(H,14,15). The molecule has 0 aliphatic rings. The fourth-order valence-corrected chi connectivity index (χ4v) is 3.52. The molecular weight excluding hydrogens is 310 g/mol. The number of rotatable bonds is 4. The number of halogens is 1. The molecule has 6 nitrogen and oxygen atoms in total. The van der Waals surface area contributed by atoms with Gasteiger partial charge in [-0.3, -0.25) is 9.89 Å². The van der Waals surface area contributed by atoms with Crippen LogP contribution in [0.1, 0.15) is 28.2 Å². The van der Waals surface area contributed by atoms with Gasteiger partial charge < -0.3 is 5.32 Å². The Bertz CT molecular complexity index is 679. The zero-order valence-electron chi connectivity index (χ0n) is 9.75. The largest absolute Gasteiger partial charge is 0.345 e. The van der Waals surface area contributed by atoms with E-state index in [4.69, 9.17) is 10.7 Å². The maximum Gasteiger partial charge on any atom is 0.270 e. The lowest BCUT2D eigenvalue weighted by molar-refractivity contribution is 0.0940. The van der Waals surface area contributed by atoms with Crippen LogP contribution in [0.5, 0.6) is 0 Å². The highest BCUT2D eigenvalue weighted by Gasteiger charge is 2.18. The monoisotopic (exact) mass is 319 g/mol. The van der Waals surface area contributed by atoms with Gasteiger partial charge in [-0.2, -0.15) is 5.10 Å². The number of nitrogens with zero attached hydrogens (tertiary/aromatic N) is 1. The van der Waals surface area contributed by atoms with Crippen LogP contribution in [0.15, 0.2) is 28.7 Å². The van der Waals surface area contributed by atoms with Crippen molar-refractivity contribution in [1.82, 2.24) is 15.5 Å². The Hall–Kier alpha value is -1.38. The van der Waals surface area contributed by atoms with Crippen molar-refractivity contribution < 1.29 is 13.2 Å². The van der Waals surface area contributed by atoms with E-state index in [0.717, 1.165) is 11.3 Å². The van der Waals surface area contributed by atoms with Gasteiger partial charge in [-0.05, 0) is 19.1 Å². The first kappa shape index (κ1) is 14.0. The minimum Gasteiger partial charge on any atom is -0.345 e. The van der Waals surface area contributed by atoms with Crippen LogP contribution < -0.4 is 5.32 Å². The first-order valence-corrected chi connectivity index (χ1v) is 8.34.